The Hall–Kier alpha value is -2.58. The van der Waals surface area contributed by atoms with Gasteiger partial charge in [0.25, 0.3) is 0 Å². The number of anilines is 2. The minimum Gasteiger partial charge on any atom is -0.399 e. The van der Waals surface area contributed by atoms with Crippen LogP contribution in [0, 0.1) is 0 Å². The molecule has 0 unspecified atom stereocenters. The molecule has 0 bridgehead atoms. The molecule has 1 aromatic heterocycles. The van der Waals surface area contributed by atoms with Crippen molar-refractivity contribution in [2.75, 3.05) is 37.4 Å². The molecule has 0 atom stereocenters. The molecule has 1 saturated heterocycles. The smallest absolute Gasteiger partial charge is 0.244 e. The molecule has 2 amide bonds. The maximum atomic E-state index is 12.2. The number of benzene rings is 1. The summed E-state index contributed by atoms with van der Waals surface area (Å²) in [5.74, 6) is -0.157. The highest BCUT2D eigenvalue weighted by molar-refractivity contribution is 5.92. The van der Waals surface area contributed by atoms with Crippen LogP contribution < -0.4 is 11.1 Å². The van der Waals surface area contributed by atoms with Crippen molar-refractivity contribution in [3.63, 3.8) is 0 Å². The third kappa shape index (κ3) is 5.47. The zero-order valence-corrected chi connectivity index (χ0v) is 15.1. The van der Waals surface area contributed by atoms with Gasteiger partial charge in [-0.05, 0) is 17.7 Å². The van der Waals surface area contributed by atoms with Crippen LogP contribution in [0.4, 0.5) is 11.4 Å². The number of nitrogen functional groups attached to an aromatic ring is 1. The zero-order chi connectivity index (χ0) is 17.6. The van der Waals surface area contributed by atoms with Crippen LogP contribution in [0.1, 0.15) is 5.56 Å². The van der Waals surface area contributed by atoms with Crippen LogP contribution in [-0.4, -0.2) is 52.8 Å². The SMILES string of the molecule is Cl.Nc1ccc(CC(=O)Nc2cnn(CC(=O)N3CCOCC3)c2)cc1. The van der Waals surface area contributed by atoms with Crippen LogP contribution in [0.3, 0.4) is 0 Å². The average molecular weight is 380 g/mol. The van der Waals surface area contributed by atoms with Crippen molar-refractivity contribution in [2.45, 2.75) is 13.0 Å². The van der Waals surface area contributed by atoms with Crippen molar-refractivity contribution in [1.29, 1.82) is 0 Å². The number of nitrogens with zero attached hydrogens (tertiary/aromatic N) is 3. The van der Waals surface area contributed by atoms with Gasteiger partial charge >= 0.3 is 0 Å². The maximum absolute atomic E-state index is 12.2. The summed E-state index contributed by atoms with van der Waals surface area (Å²) >= 11 is 0. The lowest BCUT2D eigenvalue weighted by Gasteiger charge is -2.26. The van der Waals surface area contributed by atoms with Crippen molar-refractivity contribution in [2.24, 2.45) is 0 Å². The van der Waals surface area contributed by atoms with Gasteiger partial charge in [0.05, 0.1) is 31.5 Å². The number of carbonyl (C=O) groups excluding carboxylic acids is 2. The van der Waals surface area contributed by atoms with Crippen molar-refractivity contribution in [1.82, 2.24) is 14.7 Å². The second-order valence-electron chi connectivity index (χ2n) is 5.89. The van der Waals surface area contributed by atoms with E-state index in [1.54, 1.807) is 23.2 Å². The lowest BCUT2D eigenvalue weighted by molar-refractivity contribution is -0.136. The van der Waals surface area contributed by atoms with Gasteiger partial charge < -0.3 is 20.7 Å². The Bertz CT molecular complexity index is 741. The minimum atomic E-state index is -0.149. The zero-order valence-electron chi connectivity index (χ0n) is 14.3. The van der Waals surface area contributed by atoms with E-state index in [4.69, 9.17) is 10.5 Å². The number of halogens is 1. The second kappa shape index (κ2) is 9.21. The molecule has 0 aliphatic carbocycles. The molecule has 140 valence electrons. The van der Waals surface area contributed by atoms with E-state index in [0.717, 1.165) is 5.56 Å². The molecule has 1 fully saturated rings. The van der Waals surface area contributed by atoms with E-state index < -0.39 is 0 Å². The number of carbonyl (C=O) groups is 2. The van der Waals surface area contributed by atoms with E-state index in [9.17, 15) is 9.59 Å². The molecule has 2 heterocycles. The Kier molecular flexibility index (Phi) is 6.99. The molecule has 1 aliphatic heterocycles. The molecule has 2 aromatic rings. The van der Waals surface area contributed by atoms with Gasteiger partial charge in [0.1, 0.15) is 6.54 Å². The van der Waals surface area contributed by atoms with Crippen LogP contribution in [0.25, 0.3) is 0 Å². The first-order valence-corrected chi connectivity index (χ1v) is 8.12. The number of rotatable bonds is 5. The molecular formula is C17H22ClN5O3. The Morgan fingerprint density at radius 1 is 1.19 bits per heavy atom. The molecule has 0 saturated carbocycles. The topological polar surface area (TPSA) is 102 Å². The van der Waals surface area contributed by atoms with E-state index in [1.165, 1.54) is 10.9 Å². The van der Waals surface area contributed by atoms with E-state index in [0.29, 0.717) is 37.7 Å². The molecule has 26 heavy (non-hydrogen) atoms. The third-order valence-corrected chi connectivity index (χ3v) is 3.92. The largest absolute Gasteiger partial charge is 0.399 e. The summed E-state index contributed by atoms with van der Waals surface area (Å²) in [5.41, 5.74) is 7.73. The number of amides is 2. The van der Waals surface area contributed by atoms with E-state index >= 15 is 0 Å². The highest BCUT2D eigenvalue weighted by atomic mass is 35.5. The van der Waals surface area contributed by atoms with Gasteiger partial charge in [-0.2, -0.15) is 5.10 Å². The van der Waals surface area contributed by atoms with Gasteiger partial charge in [-0.1, -0.05) is 12.1 Å². The summed E-state index contributed by atoms with van der Waals surface area (Å²) in [6.07, 6.45) is 3.44. The predicted octanol–water partition coefficient (Wildman–Crippen LogP) is 0.927. The third-order valence-electron chi connectivity index (χ3n) is 3.92. The van der Waals surface area contributed by atoms with Gasteiger partial charge in [0, 0.05) is 25.0 Å². The van der Waals surface area contributed by atoms with Gasteiger partial charge in [0.2, 0.25) is 11.8 Å². The molecule has 0 radical (unpaired) electrons. The Balaban J connectivity index is 0.00000243. The molecule has 3 rings (SSSR count). The first kappa shape index (κ1) is 19.7. The van der Waals surface area contributed by atoms with Crippen molar-refractivity contribution in [3.8, 4) is 0 Å². The Morgan fingerprint density at radius 2 is 1.88 bits per heavy atom. The first-order valence-electron chi connectivity index (χ1n) is 8.12. The molecule has 8 nitrogen and oxygen atoms in total. The van der Waals surface area contributed by atoms with Crippen LogP contribution in [0.15, 0.2) is 36.7 Å². The molecule has 0 spiro atoms. The number of ether oxygens (including phenoxy) is 1. The van der Waals surface area contributed by atoms with Gasteiger partial charge in [0.15, 0.2) is 0 Å². The summed E-state index contributed by atoms with van der Waals surface area (Å²) in [4.78, 5) is 26.0. The number of hydrogen-bond acceptors (Lipinski definition) is 5. The van der Waals surface area contributed by atoms with E-state index in [2.05, 4.69) is 10.4 Å². The number of aromatic nitrogens is 2. The Labute approximate surface area is 157 Å². The summed E-state index contributed by atoms with van der Waals surface area (Å²) in [6.45, 7) is 2.49. The molecular weight excluding hydrogens is 358 g/mol. The summed E-state index contributed by atoms with van der Waals surface area (Å²) in [5, 5.41) is 6.91. The van der Waals surface area contributed by atoms with Crippen molar-refractivity contribution >= 4 is 35.6 Å². The minimum absolute atomic E-state index is 0. The lowest BCUT2D eigenvalue weighted by Crippen LogP contribution is -2.42. The molecule has 1 aromatic carbocycles. The van der Waals surface area contributed by atoms with Crippen LogP contribution in [0.2, 0.25) is 0 Å². The quantitative estimate of drug-likeness (QED) is 0.752. The maximum Gasteiger partial charge on any atom is 0.244 e. The number of morpholine rings is 1. The van der Waals surface area contributed by atoms with Gasteiger partial charge in [-0.15, -0.1) is 12.4 Å². The number of nitrogens with one attached hydrogen (secondary N) is 1. The number of hydrogen-bond donors (Lipinski definition) is 2. The normalized spacial score (nSPS) is 13.8. The van der Waals surface area contributed by atoms with Crippen LogP contribution >= 0.6 is 12.4 Å². The summed E-state index contributed by atoms with van der Waals surface area (Å²) in [6, 6.07) is 7.16. The summed E-state index contributed by atoms with van der Waals surface area (Å²) < 4.78 is 6.76. The van der Waals surface area contributed by atoms with Gasteiger partial charge in [-0.25, -0.2) is 0 Å². The second-order valence-corrected chi connectivity index (χ2v) is 5.89. The van der Waals surface area contributed by atoms with E-state index in [1.807, 2.05) is 12.1 Å². The van der Waals surface area contributed by atoms with Crippen molar-refractivity contribution < 1.29 is 14.3 Å². The molecule has 1 aliphatic rings. The fourth-order valence-electron chi connectivity index (χ4n) is 2.59. The highest BCUT2D eigenvalue weighted by Crippen LogP contribution is 2.10. The van der Waals surface area contributed by atoms with E-state index in [-0.39, 0.29) is 37.2 Å². The molecule has 3 N–H and O–H groups in total. The first-order chi connectivity index (χ1) is 12.1. The average Bonchev–Trinajstić information content (AvgIpc) is 3.04. The van der Waals surface area contributed by atoms with Crippen LogP contribution in [-0.2, 0) is 27.3 Å². The lowest BCUT2D eigenvalue weighted by atomic mass is 10.1. The van der Waals surface area contributed by atoms with Gasteiger partial charge in [-0.3, -0.25) is 14.3 Å². The monoisotopic (exact) mass is 379 g/mol. The standard InChI is InChI=1S/C17H21N5O3.ClH/c18-14-3-1-13(2-4-14)9-16(23)20-15-10-19-22(11-15)12-17(24)21-5-7-25-8-6-21;/h1-4,10-11H,5-9,12,18H2,(H,20,23);1H. The summed E-state index contributed by atoms with van der Waals surface area (Å²) in [7, 11) is 0. The fourth-order valence-corrected chi connectivity index (χ4v) is 2.59. The molecule has 9 heteroatoms. The fraction of sp³-hybridized carbons (Fsp3) is 0.353. The predicted molar refractivity (Wildman–Crippen MR) is 100 cm³/mol. The van der Waals surface area contributed by atoms with Crippen molar-refractivity contribution in [3.05, 3.63) is 42.2 Å². The highest BCUT2D eigenvalue weighted by Gasteiger charge is 2.17. The van der Waals surface area contributed by atoms with Crippen LogP contribution in [0.5, 0.6) is 0 Å². The Morgan fingerprint density at radius 3 is 2.58 bits per heavy atom. The number of nitrogens with two attached hydrogens (primary N) is 1.